The van der Waals surface area contributed by atoms with Crippen LogP contribution in [0.3, 0.4) is 0 Å². The van der Waals surface area contributed by atoms with Crippen molar-refractivity contribution in [3.8, 4) is 0 Å². The van der Waals surface area contributed by atoms with E-state index >= 15 is 0 Å². The van der Waals surface area contributed by atoms with Gasteiger partial charge in [0.15, 0.2) is 0 Å². The molecule has 0 radical (unpaired) electrons. The molecular formula is C18H28FN. The minimum absolute atomic E-state index is 0.0994. The van der Waals surface area contributed by atoms with Crippen LogP contribution in [0, 0.1) is 30.5 Å². The molecule has 112 valence electrons. The SMILES string of the molecule is CCNCC1CCC(C)CC1Cc1cc(F)ccc1C. The van der Waals surface area contributed by atoms with Crippen molar-refractivity contribution in [2.75, 3.05) is 13.1 Å². The van der Waals surface area contributed by atoms with Crippen LogP contribution >= 0.6 is 0 Å². The Balaban J connectivity index is 2.08. The minimum Gasteiger partial charge on any atom is -0.317 e. The van der Waals surface area contributed by atoms with E-state index in [1.807, 2.05) is 6.07 Å². The summed E-state index contributed by atoms with van der Waals surface area (Å²) in [6, 6.07) is 5.22. The van der Waals surface area contributed by atoms with Crippen LogP contribution in [-0.2, 0) is 6.42 Å². The lowest BCUT2D eigenvalue weighted by atomic mass is 9.72. The van der Waals surface area contributed by atoms with Crippen molar-refractivity contribution < 1.29 is 4.39 Å². The van der Waals surface area contributed by atoms with Gasteiger partial charge in [0.1, 0.15) is 5.82 Å². The van der Waals surface area contributed by atoms with Gasteiger partial charge in [0.05, 0.1) is 0 Å². The third-order valence-electron chi connectivity index (χ3n) is 4.85. The zero-order valence-electron chi connectivity index (χ0n) is 13.1. The summed E-state index contributed by atoms with van der Waals surface area (Å²) in [6.07, 6.45) is 4.97. The lowest BCUT2D eigenvalue weighted by Crippen LogP contribution is -2.33. The number of hydrogen-bond acceptors (Lipinski definition) is 1. The molecule has 1 aromatic rings. The van der Waals surface area contributed by atoms with Gasteiger partial charge in [-0.2, -0.15) is 0 Å². The highest BCUT2D eigenvalue weighted by molar-refractivity contribution is 5.27. The zero-order chi connectivity index (χ0) is 14.5. The van der Waals surface area contributed by atoms with E-state index < -0.39 is 0 Å². The molecule has 0 saturated heterocycles. The standard InChI is InChI=1S/C18H28FN/c1-4-20-12-15-7-5-13(2)9-17(15)10-16-11-18(19)8-6-14(16)3/h6,8,11,13,15,17,20H,4-5,7,9-10,12H2,1-3H3. The van der Waals surface area contributed by atoms with Crippen LogP contribution in [0.4, 0.5) is 4.39 Å². The number of nitrogens with one attached hydrogen (secondary N) is 1. The normalized spacial score (nSPS) is 26.7. The van der Waals surface area contributed by atoms with Gasteiger partial charge < -0.3 is 5.32 Å². The summed E-state index contributed by atoms with van der Waals surface area (Å²) in [5.74, 6) is 2.15. The van der Waals surface area contributed by atoms with Crippen molar-refractivity contribution in [3.63, 3.8) is 0 Å². The molecule has 0 amide bonds. The summed E-state index contributed by atoms with van der Waals surface area (Å²) in [5, 5.41) is 3.50. The molecule has 0 aliphatic heterocycles. The molecule has 0 spiro atoms. The largest absolute Gasteiger partial charge is 0.317 e. The summed E-state index contributed by atoms with van der Waals surface area (Å²) in [5.41, 5.74) is 2.43. The topological polar surface area (TPSA) is 12.0 Å². The van der Waals surface area contributed by atoms with Crippen molar-refractivity contribution in [1.82, 2.24) is 5.32 Å². The highest BCUT2D eigenvalue weighted by Gasteiger charge is 2.28. The lowest BCUT2D eigenvalue weighted by Gasteiger charge is -2.35. The second-order valence-electron chi connectivity index (χ2n) is 6.52. The van der Waals surface area contributed by atoms with Crippen molar-refractivity contribution in [2.24, 2.45) is 17.8 Å². The first-order chi connectivity index (χ1) is 9.60. The monoisotopic (exact) mass is 277 g/mol. The van der Waals surface area contributed by atoms with Crippen LogP contribution in [0.15, 0.2) is 18.2 Å². The molecule has 1 fully saturated rings. The first-order valence-corrected chi connectivity index (χ1v) is 8.05. The molecule has 3 unspecified atom stereocenters. The third kappa shape index (κ3) is 4.05. The van der Waals surface area contributed by atoms with E-state index in [9.17, 15) is 4.39 Å². The summed E-state index contributed by atoms with van der Waals surface area (Å²) in [6.45, 7) is 8.77. The van der Waals surface area contributed by atoms with Crippen LogP contribution in [0.5, 0.6) is 0 Å². The molecular weight excluding hydrogens is 249 g/mol. The first kappa shape index (κ1) is 15.5. The highest BCUT2D eigenvalue weighted by atomic mass is 19.1. The Hall–Kier alpha value is -0.890. The molecule has 1 aliphatic carbocycles. The summed E-state index contributed by atoms with van der Waals surface area (Å²) >= 11 is 0. The van der Waals surface area contributed by atoms with Crippen molar-refractivity contribution in [1.29, 1.82) is 0 Å². The minimum atomic E-state index is -0.0994. The Morgan fingerprint density at radius 2 is 2.05 bits per heavy atom. The highest BCUT2D eigenvalue weighted by Crippen LogP contribution is 2.36. The van der Waals surface area contributed by atoms with Crippen molar-refractivity contribution in [3.05, 3.63) is 35.1 Å². The van der Waals surface area contributed by atoms with Gasteiger partial charge in [-0.15, -0.1) is 0 Å². The number of benzene rings is 1. The van der Waals surface area contributed by atoms with Gasteiger partial charge in [0, 0.05) is 0 Å². The van der Waals surface area contributed by atoms with Crippen molar-refractivity contribution >= 4 is 0 Å². The summed E-state index contributed by atoms with van der Waals surface area (Å²) in [7, 11) is 0. The van der Waals surface area contributed by atoms with Gasteiger partial charge in [-0.1, -0.05) is 26.3 Å². The number of aryl methyl sites for hydroxylation is 1. The van der Waals surface area contributed by atoms with Crippen LogP contribution in [0.1, 0.15) is 44.2 Å². The maximum atomic E-state index is 13.5. The number of halogens is 1. The molecule has 0 bridgehead atoms. The molecule has 3 atom stereocenters. The molecule has 0 aromatic heterocycles. The molecule has 1 aliphatic rings. The molecule has 2 heteroatoms. The Morgan fingerprint density at radius 3 is 2.80 bits per heavy atom. The Labute approximate surface area is 123 Å². The van der Waals surface area contributed by atoms with E-state index in [1.54, 1.807) is 12.1 Å². The second kappa shape index (κ2) is 7.21. The maximum Gasteiger partial charge on any atom is 0.123 e. The van der Waals surface area contributed by atoms with Crippen LogP contribution in [-0.4, -0.2) is 13.1 Å². The molecule has 1 nitrogen and oxygen atoms in total. The van der Waals surface area contributed by atoms with Crippen LogP contribution < -0.4 is 5.32 Å². The Bertz CT molecular complexity index is 427. The third-order valence-corrected chi connectivity index (χ3v) is 4.85. The van der Waals surface area contributed by atoms with Gasteiger partial charge in [-0.25, -0.2) is 4.39 Å². The van der Waals surface area contributed by atoms with E-state index in [-0.39, 0.29) is 5.82 Å². The van der Waals surface area contributed by atoms with Gasteiger partial charge in [0.25, 0.3) is 0 Å². The van der Waals surface area contributed by atoms with E-state index in [2.05, 4.69) is 26.1 Å². The number of hydrogen-bond donors (Lipinski definition) is 1. The predicted molar refractivity (Wildman–Crippen MR) is 83.4 cm³/mol. The first-order valence-electron chi connectivity index (χ1n) is 8.05. The van der Waals surface area contributed by atoms with E-state index in [1.165, 1.54) is 30.4 Å². The van der Waals surface area contributed by atoms with Crippen LogP contribution in [0.2, 0.25) is 0 Å². The van der Waals surface area contributed by atoms with Gasteiger partial charge in [-0.3, -0.25) is 0 Å². The van der Waals surface area contributed by atoms with Crippen LogP contribution in [0.25, 0.3) is 0 Å². The number of rotatable bonds is 5. The fraction of sp³-hybridized carbons (Fsp3) is 0.667. The molecule has 20 heavy (non-hydrogen) atoms. The molecule has 1 aromatic carbocycles. The molecule has 2 rings (SSSR count). The fourth-order valence-electron chi connectivity index (χ4n) is 3.55. The molecule has 1 saturated carbocycles. The molecule has 1 N–H and O–H groups in total. The lowest BCUT2D eigenvalue weighted by molar-refractivity contribution is 0.184. The maximum absolute atomic E-state index is 13.5. The fourth-order valence-corrected chi connectivity index (χ4v) is 3.55. The van der Waals surface area contributed by atoms with Gasteiger partial charge in [-0.05, 0) is 80.3 Å². The summed E-state index contributed by atoms with van der Waals surface area (Å²) in [4.78, 5) is 0. The van der Waals surface area contributed by atoms with E-state index in [0.717, 1.165) is 31.3 Å². The smallest absolute Gasteiger partial charge is 0.123 e. The van der Waals surface area contributed by atoms with E-state index in [4.69, 9.17) is 0 Å². The quantitative estimate of drug-likeness (QED) is 0.844. The average Bonchev–Trinajstić information content (AvgIpc) is 2.42. The predicted octanol–water partition coefficient (Wildman–Crippen LogP) is 4.34. The van der Waals surface area contributed by atoms with Crippen molar-refractivity contribution in [2.45, 2.75) is 46.5 Å². The summed E-state index contributed by atoms with van der Waals surface area (Å²) < 4.78 is 13.5. The second-order valence-corrected chi connectivity index (χ2v) is 6.52. The Morgan fingerprint density at radius 1 is 1.25 bits per heavy atom. The molecule has 0 heterocycles. The average molecular weight is 277 g/mol. The van der Waals surface area contributed by atoms with Gasteiger partial charge >= 0.3 is 0 Å². The zero-order valence-corrected chi connectivity index (χ0v) is 13.1. The van der Waals surface area contributed by atoms with Gasteiger partial charge in [0.2, 0.25) is 0 Å². The van der Waals surface area contributed by atoms with E-state index in [0.29, 0.717) is 5.92 Å². The Kier molecular flexibility index (Phi) is 5.59.